The predicted octanol–water partition coefficient (Wildman–Crippen LogP) is 7.04. The quantitative estimate of drug-likeness (QED) is 0.451. The van der Waals surface area contributed by atoms with Crippen molar-refractivity contribution in [3.63, 3.8) is 0 Å². The van der Waals surface area contributed by atoms with Crippen molar-refractivity contribution in [1.82, 2.24) is 0 Å². The zero-order valence-electron chi connectivity index (χ0n) is 17.7. The number of rotatable bonds is 9. The Bertz CT molecular complexity index is 637. The normalized spacial score (nSPS) is 28.6. The van der Waals surface area contributed by atoms with Crippen LogP contribution in [0.5, 0.6) is 0 Å². The van der Waals surface area contributed by atoms with Crippen molar-refractivity contribution < 1.29 is 14.3 Å². The van der Waals surface area contributed by atoms with E-state index in [0.717, 1.165) is 37.0 Å². The van der Waals surface area contributed by atoms with Gasteiger partial charge in [-0.2, -0.15) is 0 Å². The molecule has 0 saturated heterocycles. The SMILES string of the molecule is C=CC(C(=O)O)[C@H]1CC[C@H](CC[C@H]2CC[C@H](CCc3ccc(F)cc3)CC2)CC1. The van der Waals surface area contributed by atoms with Crippen LogP contribution in [0.25, 0.3) is 0 Å². The molecule has 1 atom stereocenters. The summed E-state index contributed by atoms with van der Waals surface area (Å²) in [5.74, 6) is 1.58. The van der Waals surface area contributed by atoms with E-state index in [1.807, 2.05) is 12.1 Å². The molecule has 0 radical (unpaired) electrons. The van der Waals surface area contributed by atoms with Gasteiger partial charge in [0.05, 0.1) is 5.92 Å². The lowest BCUT2D eigenvalue weighted by Gasteiger charge is -2.33. The first-order valence-electron chi connectivity index (χ1n) is 11.6. The smallest absolute Gasteiger partial charge is 0.310 e. The molecule has 29 heavy (non-hydrogen) atoms. The molecular formula is C26H37FO2. The maximum atomic E-state index is 13.0. The summed E-state index contributed by atoms with van der Waals surface area (Å²) in [6.45, 7) is 3.72. The lowest BCUT2D eigenvalue weighted by molar-refractivity contribution is -0.142. The summed E-state index contributed by atoms with van der Waals surface area (Å²) in [6, 6.07) is 6.98. The van der Waals surface area contributed by atoms with Crippen molar-refractivity contribution in [3.8, 4) is 0 Å². The van der Waals surface area contributed by atoms with E-state index in [1.165, 1.54) is 63.4 Å². The van der Waals surface area contributed by atoms with Crippen LogP contribution in [-0.2, 0) is 11.2 Å². The van der Waals surface area contributed by atoms with Crippen molar-refractivity contribution in [1.29, 1.82) is 0 Å². The largest absolute Gasteiger partial charge is 0.481 e. The summed E-state index contributed by atoms with van der Waals surface area (Å²) < 4.78 is 13.0. The molecule has 0 aliphatic heterocycles. The highest BCUT2D eigenvalue weighted by atomic mass is 19.1. The maximum Gasteiger partial charge on any atom is 0.310 e. The summed E-state index contributed by atoms with van der Waals surface area (Å²) in [4.78, 5) is 11.3. The lowest BCUT2D eigenvalue weighted by atomic mass is 9.72. The molecule has 3 heteroatoms. The average molecular weight is 401 g/mol. The number of hydrogen-bond acceptors (Lipinski definition) is 1. The van der Waals surface area contributed by atoms with Crippen LogP contribution in [0.4, 0.5) is 4.39 Å². The van der Waals surface area contributed by atoms with Crippen LogP contribution in [0, 0.1) is 35.4 Å². The van der Waals surface area contributed by atoms with E-state index < -0.39 is 5.97 Å². The van der Waals surface area contributed by atoms with Gasteiger partial charge in [-0.3, -0.25) is 4.79 Å². The van der Waals surface area contributed by atoms with Gasteiger partial charge in [-0.25, -0.2) is 4.39 Å². The number of benzene rings is 1. The van der Waals surface area contributed by atoms with Crippen LogP contribution in [0.2, 0.25) is 0 Å². The minimum Gasteiger partial charge on any atom is -0.481 e. The Balaban J connectivity index is 1.30. The van der Waals surface area contributed by atoms with Gasteiger partial charge in [0, 0.05) is 0 Å². The number of aliphatic carboxylic acids is 1. The van der Waals surface area contributed by atoms with Crippen molar-refractivity contribution in [2.24, 2.45) is 29.6 Å². The minimum atomic E-state index is -0.709. The number of carboxylic acid groups (broad SMARTS) is 1. The second kappa shape index (κ2) is 10.9. The Morgan fingerprint density at radius 1 is 0.931 bits per heavy atom. The molecule has 1 aromatic carbocycles. The van der Waals surface area contributed by atoms with Gasteiger partial charge in [0.1, 0.15) is 5.82 Å². The maximum absolute atomic E-state index is 13.0. The molecule has 3 rings (SSSR count). The van der Waals surface area contributed by atoms with E-state index >= 15 is 0 Å². The number of carbonyl (C=O) groups is 1. The molecule has 2 aliphatic carbocycles. The Morgan fingerprint density at radius 2 is 1.41 bits per heavy atom. The first-order valence-corrected chi connectivity index (χ1v) is 11.6. The first kappa shape index (κ1) is 22.1. The highest BCUT2D eigenvalue weighted by Gasteiger charge is 2.30. The molecule has 160 valence electrons. The Labute approximate surface area is 175 Å². The standard InChI is InChI=1S/C26H37FO2/c1-2-25(26(28)29)23-15-11-21(12-16-23)9-7-19-3-5-20(6-4-19)8-10-22-13-17-24(27)18-14-22/h2,13-14,17-21,23,25H,1,3-12,15-16H2,(H,28,29)/t19-,20-,21-,23-,25?. The van der Waals surface area contributed by atoms with E-state index in [0.29, 0.717) is 0 Å². The molecule has 1 unspecified atom stereocenters. The van der Waals surface area contributed by atoms with E-state index in [4.69, 9.17) is 0 Å². The number of carboxylic acids is 1. The van der Waals surface area contributed by atoms with Gasteiger partial charge in [0.2, 0.25) is 0 Å². The summed E-state index contributed by atoms with van der Waals surface area (Å²) in [5.41, 5.74) is 1.26. The van der Waals surface area contributed by atoms with Gasteiger partial charge in [0.25, 0.3) is 0 Å². The Kier molecular flexibility index (Phi) is 8.32. The molecule has 2 nitrogen and oxygen atoms in total. The molecule has 2 fully saturated rings. The third kappa shape index (κ3) is 6.69. The average Bonchev–Trinajstić information content (AvgIpc) is 2.74. The number of hydrogen-bond donors (Lipinski definition) is 1. The summed E-state index contributed by atoms with van der Waals surface area (Å²) >= 11 is 0. The third-order valence-corrected chi connectivity index (χ3v) is 7.64. The van der Waals surface area contributed by atoms with Crippen LogP contribution in [-0.4, -0.2) is 11.1 Å². The van der Waals surface area contributed by atoms with Crippen LogP contribution in [0.3, 0.4) is 0 Å². The van der Waals surface area contributed by atoms with E-state index in [-0.39, 0.29) is 17.7 Å². The zero-order valence-corrected chi connectivity index (χ0v) is 17.7. The summed E-state index contributed by atoms with van der Waals surface area (Å²) in [5, 5.41) is 9.31. The van der Waals surface area contributed by atoms with Gasteiger partial charge in [-0.15, -0.1) is 6.58 Å². The molecular weight excluding hydrogens is 363 g/mol. The lowest BCUT2D eigenvalue weighted by Crippen LogP contribution is -2.26. The van der Waals surface area contributed by atoms with Crippen molar-refractivity contribution in [2.45, 2.75) is 77.0 Å². The fraction of sp³-hybridized carbons (Fsp3) is 0.654. The van der Waals surface area contributed by atoms with Gasteiger partial charge >= 0.3 is 5.97 Å². The van der Waals surface area contributed by atoms with E-state index in [1.54, 1.807) is 18.2 Å². The van der Waals surface area contributed by atoms with Gasteiger partial charge in [0.15, 0.2) is 0 Å². The van der Waals surface area contributed by atoms with Crippen LogP contribution in [0.15, 0.2) is 36.9 Å². The van der Waals surface area contributed by atoms with Crippen molar-refractivity contribution in [3.05, 3.63) is 48.3 Å². The first-order chi connectivity index (χ1) is 14.0. The third-order valence-electron chi connectivity index (χ3n) is 7.64. The van der Waals surface area contributed by atoms with Crippen LogP contribution in [0.1, 0.15) is 76.2 Å². The summed E-state index contributed by atoms with van der Waals surface area (Å²) in [6.07, 6.45) is 16.5. The molecule has 0 amide bonds. The molecule has 0 spiro atoms. The molecule has 0 aromatic heterocycles. The second-order valence-electron chi connectivity index (χ2n) is 9.51. The van der Waals surface area contributed by atoms with Gasteiger partial charge in [-0.05, 0) is 67.1 Å². The van der Waals surface area contributed by atoms with Crippen LogP contribution < -0.4 is 0 Å². The van der Waals surface area contributed by atoms with Crippen LogP contribution >= 0.6 is 0 Å². The molecule has 0 heterocycles. The van der Waals surface area contributed by atoms with Gasteiger partial charge < -0.3 is 5.11 Å². The monoisotopic (exact) mass is 400 g/mol. The zero-order chi connectivity index (χ0) is 20.6. The fourth-order valence-electron chi connectivity index (χ4n) is 5.63. The van der Waals surface area contributed by atoms with Crippen molar-refractivity contribution >= 4 is 5.97 Å². The minimum absolute atomic E-state index is 0.148. The molecule has 1 N–H and O–H groups in total. The Morgan fingerprint density at radius 3 is 1.90 bits per heavy atom. The Hall–Kier alpha value is -1.64. The molecule has 2 aliphatic rings. The predicted molar refractivity (Wildman–Crippen MR) is 116 cm³/mol. The number of aryl methyl sites for hydroxylation is 1. The fourth-order valence-corrected chi connectivity index (χ4v) is 5.63. The highest BCUT2D eigenvalue weighted by molar-refractivity contribution is 5.72. The van der Waals surface area contributed by atoms with E-state index in [2.05, 4.69) is 6.58 Å². The summed E-state index contributed by atoms with van der Waals surface area (Å²) in [7, 11) is 0. The molecule has 2 saturated carbocycles. The van der Waals surface area contributed by atoms with E-state index in [9.17, 15) is 14.3 Å². The number of halogens is 1. The topological polar surface area (TPSA) is 37.3 Å². The highest BCUT2D eigenvalue weighted by Crippen LogP contribution is 2.39. The molecule has 1 aromatic rings. The van der Waals surface area contributed by atoms with Crippen molar-refractivity contribution in [2.75, 3.05) is 0 Å². The molecule has 0 bridgehead atoms. The second-order valence-corrected chi connectivity index (χ2v) is 9.51. The van der Waals surface area contributed by atoms with Gasteiger partial charge in [-0.1, -0.05) is 69.6 Å².